The highest BCUT2D eigenvalue weighted by atomic mass is 16.3. The smallest absolute Gasteiger partial charge is 0.127 e. The van der Waals surface area contributed by atoms with E-state index in [-0.39, 0.29) is 0 Å². The average molecular weight is 346 g/mol. The molecule has 3 nitrogen and oxygen atoms in total. The predicted octanol–water partition coefficient (Wildman–Crippen LogP) is 0.860. The molecule has 0 spiro atoms. The minimum absolute atomic E-state index is 0.305. The molecule has 4 aromatic carbocycles. The molecule has 0 radical (unpaired) electrons. The van der Waals surface area contributed by atoms with Crippen molar-refractivity contribution in [3.63, 3.8) is 0 Å². The van der Waals surface area contributed by atoms with Crippen LogP contribution in [0.5, 0.6) is 0 Å². The van der Waals surface area contributed by atoms with Crippen LogP contribution in [-0.2, 0) is 6.54 Å². The second kappa shape index (κ2) is 6.51. The quantitative estimate of drug-likeness (QED) is 0.470. The molecule has 5 rings (SSSR count). The number of rotatable bonds is 4. The van der Waals surface area contributed by atoms with Crippen LogP contribution in [0, 0.1) is 0 Å². The number of hydrogen-bond donors (Lipinski definition) is 3. The Morgan fingerprint density at radius 1 is 0.692 bits per heavy atom. The maximum atomic E-state index is 9.15. The lowest BCUT2D eigenvalue weighted by Gasteiger charge is -2.29. The fraction of sp³-hybridized carbons (Fsp3) is 0.304. The summed E-state index contributed by atoms with van der Waals surface area (Å²) in [6.07, 6.45) is 0. The molecule has 0 bridgehead atoms. The summed E-state index contributed by atoms with van der Waals surface area (Å²) in [5.41, 5.74) is 1.47. The number of quaternary nitrogens is 2. The molecule has 1 aliphatic rings. The van der Waals surface area contributed by atoms with Gasteiger partial charge < -0.3 is 14.9 Å². The number of benzene rings is 4. The van der Waals surface area contributed by atoms with Crippen LogP contribution in [0.1, 0.15) is 5.56 Å². The topological polar surface area (TPSA) is 29.1 Å². The zero-order chi connectivity index (χ0) is 17.5. The van der Waals surface area contributed by atoms with Crippen LogP contribution in [0.25, 0.3) is 32.3 Å². The van der Waals surface area contributed by atoms with Crippen molar-refractivity contribution in [2.24, 2.45) is 0 Å². The van der Waals surface area contributed by atoms with Gasteiger partial charge in [-0.1, -0.05) is 54.6 Å². The van der Waals surface area contributed by atoms with Crippen LogP contribution in [0.4, 0.5) is 0 Å². The minimum atomic E-state index is 0.305. The lowest BCUT2D eigenvalue weighted by atomic mass is 9.92. The number of aliphatic hydroxyl groups excluding tert-OH is 1. The van der Waals surface area contributed by atoms with Crippen molar-refractivity contribution in [2.75, 3.05) is 39.3 Å². The SMILES string of the molecule is OCC[NH+]1CC[NH+](Cc2ccc3ccc4cccc5ccc2c3c45)CC1. The maximum Gasteiger partial charge on any atom is 0.127 e. The Morgan fingerprint density at radius 2 is 1.31 bits per heavy atom. The van der Waals surface area contributed by atoms with Crippen molar-refractivity contribution in [3.8, 4) is 0 Å². The van der Waals surface area contributed by atoms with E-state index in [2.05, 4.69) is 54.6 Å². The summed E-state index contributed by atoms with van der Waals surface area (Å²) in [6, 6.07) is 20.4. The Bertz CT molecular complexity index is 1030. The first-order valence-electron chi connectivity index (χ1n) is 9.77. The fourth-order valence-corrected chi connectivity index (χ4v) is 4.76. The van der Waals surface area contributed by atoms with Gasteiger partial charge in [0.05, 0.1) is 6.61 Å². The van der Waals surface area contributed by atoms with E-state index in [9.17, 15) is 0 Å². The van der Waals surface area contributed by atoms with Gasteiger partial charge in [-0.05, 0) is 32.3 Å². The van der Waals surface area contributed by atoms with E-state index in [4.69, 9.17) is 5.11 Å². The highest BCUT2D eigenvalue weighted by molar-refractivity contribution is 6.23. The molecule has 0 aromatic heterocycles. The molecule has 0 saturated carbocycles. The molecule has 0 atom stereocenters. The van der Waals surface area contributed by atoms with Gasteiger partial charge in [-0.2, -0.15) is 0 Å². The van der Waals surface area contributed by atoms with Gasteiger partial charge in [0.2, 0.25) is 0 Å². The van der Waals surface area contributed by atoms with Gasteiger partial charge in [0, 0.05) is 5.56 Å². The van der Waals surface area contributed by atoms with E-state index in [1.807, 2.05) is 0 Å². The molecule has 1 aliphatic heterocycles. The average Bonchev–Trinajstić information content (AvgIpc) is 2.69. The molecule has 3 heteroatoms. The molecule has 1 saturated heterocycles. The third-order valence-electron chi connectivity index (χ3n) is 6.19. The standard InChI is InChI=1S/C23H24N2O/c26-15-14-24-10-12-25(13-11-24)16-20-7-6-19-5-4-17-2-1-3-18-8-9-21(20)23(19)22(17)18/h1-9,26H,10-16H2/p+2. The third kappa shape index (κ3) is 2.64. The monoisotopic (exact) mass is 346 g/mol. The Morgan fingerprint density at radius 3 is 2.04 bits per heavy atom. The van der Waals surface area contributed by atoms with Gasteiger partial charge >= 0.3 is 0 Å². The van der Waals surface area contributed by atoms with Crippen LogP contribution in [0.2, 0.25) is 0 Å². The summed E-state index contributed by atoms with van der Waals surface area (Å²) in [4.78, 5) is 3.22. The Kier molecular flexibility index (Phi) is 4.01. The molecule has 0 aliphatic carbocycles. The Hall–Kier alpha value is -2.20. The van der Waals surface area contributed by atoms with Crippen LogP contribution < -0.4 is 9.80 Å². The van der Waals surface area contributed by atoms with Crippen molar-refractivity contribution >= 4 is 32.3 Å². The summed E-state index contributed by atoms with van der Waals surface area (Å²) in [5.74, 6) is 0. The van der Waals surface area contributed by atoms with E-state index in [1.54, 1.807) is 9.80 Å². The lowest BCUT2D eigenvalue weighted by molar-refractivity contribution is -1.02. The molecule has 4 aromatic rings. The number of aliphatic hydroxyl groups is 1. The first-order chi connectivity index (χ1) is 12.8. The van der Waals surface area contributed by atoms with Gasteiger partial charge in [0.1, 0.15) is 39.3 Å². The van der Waals surface area contributed by atoms with Gasteiger partial charge in [-0.3, -0.25) is 0 Å². The van der Waals surface area contributed by atoms with E-state index >= 15 is 0 Å². The highest BCUT2D eigenvalue weighted by Crippen LogP contribution is 2.35. The van der Waals surface area contributed by atoms with Crippen LogP contribution in [0.15, 0.2) is 54.6 Å². The van der Waals surface area contributed by atoms with Crippen LogP contribution in [0.3, 0.4) is 0 Å². The van der Waals surface area contributed by atoms with E-state index < -0.39 is 0 Å². The van der Waals surface area contributed by atoms with Gasteiger partial charge in [0.15, 0.2) is 0 Å². The Balaban J connectivity index is 1.52. The zero-order valence-corrected chi connectivity index (χ0v) is 15.1. The van der Waals surface area contributed by atoms with Crippen LogP contribution in [-0.4, -0.2) is 44.4 Å². The number of piperazine rings is 1. The molecule has 26 heavy (non-hydrogen) atoms. The summed E-state index contributed by atoms with van der Waals surface area (Å²) in [7, 11) is 0. The largest absolute Gasteiger partial charge is 0.391 e. The number of nitrogens with one attached hydrogen (secondary N) is 2. The zero-order valence-electron chi connectivity index (χ0n) is 15.1. The van der Waals surface area contributed by atoms with E-state index in [0.29, 0.717) is 6.61 Å². The molecule has 0 unspecified atom stereocenters. The second-order valence-electron chi connectivity index (χ2n) is 7.73. The first-order valence-corrected chi connectivity index (χ1v) is 9.77. The summed E-state index contributed by atoms with van der Waals surface area (Å²) < 4.78 is 0. The van der Waals surface area contributed by atoms with E-state index in [1.165, 1.54) is 64.1 Å². The normalized spacial score (nSPS) is 21.1. The van der Waals surface area contributed by atoms with Crippen molar-refractivity contribution in [2.45, 2.75) is 6.54 Å². The van der Waals surface area contributed by atoms with Gasteiger partial charge in [-0.25, -0.2) is 0 Å². The third-order valence-corrected chi connectivity index (χ3v) is 6.19. The first kappa shape index (κ1) is 16.0. The fourth-order valence-electron chi connectivity index (χ4n) is 4.76. The lowest BCUT2D eigenvalue weighted by Crippen LogP contribution is -3.27. The molecular formula is C23H26N2O+2. The molecular weight excluding hydrogens is 320 g/mol. The number of hydrogen-bond acceptors (Lipinski definition) is 1. The van der Waals surface area contributed by atoms with E-state index in [0.717, 1.165) is 13.1 Å². The predicted molar refractivity (Wildman–Crippen MR) is 107 cm³/mol. The molecule has 1 fully saturated rings. The Labute approximate surface area is 153 Å². The van der Waals surface area contributed by atoms with Gasteiger partial charge in [-0.15, -0.1) is 0 Å². The summed E-state index contributed by atoms with van der Waals surface area (Å²) >= 11 is 0. The molecule has 132 valence electrons. The van der Waals surface area contributed by atoms with Crippen molar-refractivity contribution in [3.05, 3.63) is 60.2 Å². The van der Waals surface area contributed by atoms with Crippen molar-refractivity contribution in [1.29, 1.82) is 0 Å². The summed E-state index contributed by atoms with van der Waals surface area (Å²) in [5, 5.41) is 17.4. The van der Waals surface area contributed by atoms with Crippen LogP contribution >= 0.6 is 0 Å². The van der Waals surface area contributed by atoms with Crippen molar-refractivity contribution in [1.82, 2.24) is 0 Å². The molecule has 1 heterocycles. The molecule has 0 amide bonds. The highest BCUT2D eigenvalue weighted by Gasteiger charge is 2.23. The minimum Gasteiger partial charge on any atom is -0.391 e. The summed E-state index contributed by atoms with van der Waals surface area (Å²) in [6.45, 7) is 7.02. The maximum absolute atomic E-state index is 9.15. The van der Waals surface area contributed by atoms with Crippen molar-refractivity contribution < 1.29 is 14.9 Å². The molecule has 3 N–H and O–H groups in total. The van der Waals surface area contributed by atoms with Gasteiger partial charge in [0.25, 0.3) is 0 Å². The second-order valence-corrected chi connectivity index (χ2v) is 7.73.